The predicted molar refractivity (Wildman–Crippen MR) is 150 cm³/mol. The van der Waals surface area contributed by atoms with E-state index in [4.69, 9.17) is 9.47 Å². The van der Waals surface area contributed by atoms with Crippen molar-refractivity contribution in [1.29, 1.82) is 0 Å². The Hall–Kier alpha value is -4.71. The summed E-state index contributed by atoms with van der Waals surface area (Å²) in [7, 11) is 3.44. The number of amides is 1. The number of carbonyl (C=O) groups is 2. The first-order valence-electron chi connectivity index (χ1n) is 13.0. The van der Waals surface area contributed by atoms with Crippen molar-refractivity contribution in [2.45, 2.75) is 12.8 Å². The number of methoxy groups -OCH3 is 1. The van der Waals surface area contributed by atoms with E-state index >= 15 is 0 Å². The van der Waals surface area contributed by atoms with Gasteiger partial charge >= 0.3 is 12.1 Å². The number of ether oxygens (including phenoxy) is 2. The van der Waals surface area contributed by atoms with Crippen LogP contribution in [-0.4, -0.2) is 68.4 Å². The van der Waals surface area contributed by atoms with Crippen LogP contribution >= 0.6 is 0 Å². The summed E-state index contributed by atoms with van der Waals surface area (Å²) in [4.78, 5) is 33.9. The smallest absolute Gasteiger partial charge is 0.493 e. The summed E-state index contributed by atoms with van der Waals surface area (Å²) in [6.45, 7) is 3.59. The lowest BCUT2D eigenvalue weighted by atomic mass is 10.1. The number of phenolic OH excluding ortho intramolecular Hbond substituents is 1. The number of hydrogen-bond donors (Lipinski definition) is 1. The molecule has 1 amide bonds. The third-order valence-corrected chi connectivity index (χ3v) is 6.54. The minimum absolute atomic E-state index is 0.114. The lowest BCUT2D eigenvalue weighted by molar-refractivity contribution is -0.201. The third-order valence-electron chi connectivity index (χ3n) is 6.54. The van der Waals surface area contributed by atoms with E-state index in [0.717, 1.165) is 37.9 Å². The maximum Gasteiger partial charge on any atom is 0.493 e. The van der Waals surface area contributed by atoms with Gasteiger partial charge in [-0.15, -0.1) is 5.06 Å². The van der Waals surface area contributed by atoms with Crippen LogP contribution in [0.25, 0.3) is 6.08 Å². The second-order valence-electron chi connectivity index (χ2n) is 9.48. The molecule has 0 atom stereocenters. The Labute approximate surface area is 240 Å². The minimum atomic E-state index is -5.35. The second kappa shape index (κ2) is 13.3. The highest BCUT2D eigenvalue weighted by Crippen LogP contribution is 2.29. The topological polar surface area (TPSA) is 91.8 Å². The van der Waals surface area contributed by atoms with Crippen LogP contribution in [0.5, 0.6) is 17.2 Å². The zero-order valence-electron chi connectivity index (χ0n) is 23.0. The van der Waals surface area contributed by atoms with Crippen molar-refractivity contribution in [3.63, 3.8) is 0 Å². The van der Waals surface area contributed by atoms with Crippen molar-refractivity contribution in [2.24, 2.45) is 0 Å². The number of rotatable bonds is 8. The number of alkyl halides is 3. The first kappa shape index (κ1) is 30.3. The van der Waals surface area contributed by atoms with Gasteiger partial charge in [-0.2, -0.15) is 13.2 Å². The van der Waals surface area contributed by atoms with Gasteiger partial charge in [0.25, 0.3) is 5.91 Å². The maximum atomic E-state index is 13.1. The van der Waals surface area contributed by atoms with E-state index in [0.29, 0.717) is 16.9 Å². The van der Waals surface area contributed by atoms with Crippen LogP contribution in [0.3, 0.4) is 0 Å². The third kappa shape index (κ3) is 7.72. The largest absolute Gasteiger partial charge is 0.504 e. The van der Waals surface area contributed by atoms with E-state index in [1.807, 2.05) is 12.1 Å². The fraction of sp³-hybridized carbons (Fsp3) is 0.267. The lowest BCUT2D eigenvalue weighted by Gasteiger charge is -2.34. The standard InChI is InChI=1S/C30H30F3N3O6/c1-34-15-17-35(18-16-34)23-9-11-24(12-10-23)41-20-22-5-3-4-6-25(22)36(42-29(39)30(31,32)33)28(38)14-8-21-7-13-27(40-2)26(37)19-21/h3-14,19,37H,15-18,20H2,1-2H3/b14-8+. The molecule has 0 radical (unpaired) electrons. The number of piperazine rings is 1. The highest BCUT2D eigenvalue weighted by Gasteiger charge is 2.43. The van der Waals surface area contributed by atoms with Crippen molar-refractivity contribution in [2.75, 3.05) is 50.3 Å². The summed E-state index contributed by atoms with van der Waals surface area (Å²) in [6, 6.07) is 17.7. The molecule has 1 fully saturated rings. The Morgan fingerprint density at radius 2 is 1.69 bits per heavy atom. The molecule has 1 heterocycles. The number of carbonyl (C=O) groups excluding carboxylic acids is 2. The molecule has 1 aliphatic heterocycles. The average Bonchev–Trinajstić information content (AvgIpc) is 2.98. The van der Waals surface area contributed by atoms with Crippen molar-refractivity contribution in [3.05, 3.63) is 83.9 Å². The summed E-state index contributed by atoms with van der Waals surface area (Å²) >= 11 is 0. The van der Waals surface area contributed by atoms with Gasteiger partial charge in [-0.1, -0.05) is 24.3 Å². The van der Waals surface area contributed by atoms with Crippen molar-refractivity contribution >= 4 is 29.3 Å². The number of benzene rings is 3. The van der Waals surface area contributed by atoms with Crippen LogP contribution in [0.1, 0.15) is 11.1 Å². The van der Waals surface area contributed by atoms with E-state index in [1.165, 1.54) is 43.5 Å². The second-order valence-corrected chi connectivity index (χ2v) is 9.48. The number of phenols is 1. The van der Waals surface area contributed by atoms with Crippen molar-refractivity contribution < 1.29 is 42.2 Å². The molecule has 4 rings (SSSR count). The quantitative estimate of drug-likeness (QED) is 0.298. The molecule has 9 nitrogen and oxygen atoms in total. The Morgan fingerprint density at radius 3 is 2.33 bits per heavy atom. The number of hydroxylamine groups is 1. The fourth-order valence-corrected chi connectivity index (χ4v) is 4.20. The Bertz CT molecular complexity index is 1420. The summed E-state index contributed by atoms with van der Waals surface area (Å²) in [5, 5.41) is 10.2. The molecule has 0 saturated carbocycles. The zero-order valence-corrected chi connectivity index (χ0v) is 23.0. The molecule has 12 heteroatoms. The normalized spacial score (nSPS) is 14.1. The molecule has 1 saturated heterocycles. The van der Waals surface area contributed by atoms with Crippen LogP contribution in [0.15, 0.2) is 72.8 Å². The van der Waals surface area contributed by atoms with E-state index in [1.54, 1.807) is 24.3 Å². The number of para-hydroxylation sites is 1. The molecule has 42 heavy (non-hydrogen) atoms. The summed E-state index contributed by atoms with van der Waals surface area (Å²) < 4.78 is 50.2. The summed E-state index contributed by atoms with van der Waals surface area (Å²) in [6.07, 6.45) is -3.18. The summed E-state index contributed by atoms with van der Waals surface area (Å²) in [5.74, 6) is -3.14. The molecule has 0 unspecified atom stereocenters. The van der Waals surface area contributed by atoms with Crippen LogP contribution in [-0.2, 0) is 21.0 Å². The summed E-state index contributed by atoms with van der Waals surface area (Å²) in [5.41, 5.74) is 1.57. The number of anilines is 2. The van der Waals surface area contributed by atoms with Gasteiger partial charge in [0, 0.05) is 43.5 Å². The van der Waals surface area contributed by atoms with Gasteiger partial charge in [0.05, 0.1) is 12.8 Å². The predicted octanol–water partition coefficient (Wildman–Crippen LogP) is 4.80. The molecule has 0 spiro atoms. The maximum absolute atomic E-state index is 13.1. The van der Waals surface area contributed by atoms with Gasteiger partial charge in [-0.25, -0.2) is 4.79 Å². The van der Waals surface area contributed by atoms with Gasteiger partial charge in [0.1, 0.15) is 12.4 Å². The highest BCUT2D eigenvalue weighted by molar-refractivity contribution is 6.04. The highest BCUT2D eigenvalue weighted by atomic mass is 19.4. The van der Waals surface area contributed by atoms with Crippen LogP contribution in [0.2, 0.25) is 0 Å². The Morgan fingerprint density at radius 1 is 1.00 bits per heavy atom. The molecule has 3 aromatic rings. The molecule has 222 valence electrons. The lowest BCUT2D eigenvalue weighted by Crippen LogP contribution is -2.44. The van der Waals surface area contributed by atoms with Gasteiger partial charge in [-0.05, 0) is 61.2 Å². The molecular weight excluding hydrogens is 555 g/mol. The molecule has 3 aromatic carbocycles. The van der Waals surface area contributed by atoms with Gasteiger partial charge < -0.3 is 29.2 Å². The first-order chi connectivity index (χ1) is 20.0. The Balaban J connectivity index is 1.53. The number of aromatic hydroxyl groups is 1. The number of halogens is 3. The van der Waals surface area contributed by atoms with E-state index < -0.39 is 18.1 Å². The molecule has 1 aliphatic rings. The molecule has 0 aromatic heterocycles. The molecule has 1 N–H and O–H groups in total. The number of nitrogens with zero attached hydrogens (tertiary/aromatic N) is 3. The number of likely N-dealkylation sites (N-methyl/N-ethyl adjacent to an activating group) is 1. The van der Waals surface area contributed by atoms with Crippen molar-refractivity contribution in [1.82, 2.24) is 4.90 Å². The van der Waals surface area contributed by atoms with Gasteiger partial charge in [0.2, 0.25) is 0 Å². The molecular formula is C30H30F3N3O6. The average molecular weight is 586 g/mol. The van der Waals surface area contributed by atoms with Gasteiger partial charge in [-0.3, -0.25) is 4.79 Å². The monoisotopic (exact) mass is 585 g/mol. The fourth-order valence-electron chi connectivity index (χ4n) is 4.20. The van der Waals surface area contributed by atoms with Crippen LogP contribution in [0, 0.1) is 0 Å². The molecule has 0 bridgehead atoms. The van der Waals surface area contributed by atoms with Gasteiger partial charge in [0.15, 0.2) is 11.5 Å². The van der Waals surface area contributed by atoms with E-state index in [-0.39, 0.29) is 28.9 Å². The zero-order chi connectivity index (χ0) is 30.3. The van der Waals surface area contributed by atoms with E-state index in [2.05, 4.69) is 21.7 Å². The first-order valence-corrected chi connectivity index (χ1v) is 13.0. The molecule has 0 aliphatic carbocycles. The minimum Gasteiger partial charge on any atom is -0.504 e. The SMILES string of the molecule is COc1ccc(/C=C/C(=O)N(OC(=O)C(F)(F)F)c2ccccc2COc2ccc(N3CCN(C)CC3)cc2)cc1O. The Kier molecular flexibility index (Phi) is 9.58. The van der Waals surface area contributed by atoms with E-state index in [9.17, 15) is 27.9 Å². The van der Waals surface area contributed by atoms with Crippen molar-refractivity contribution in [3.8, 4) is 17.2 Å². The van der Waals surface area contributed by atoms with Crippen LogP contribution in [0.4, 0.5) is 24.5 Å². The number of hydrogen-bond acceptors (Lipinski definition) is 8. The van der Waals surface area contributed by atoms with Crippen LogP contribution < -0.4 is 19.4 Å².